The minimum Gasteiger partial charge on any atom is -0.207 e. The van der Waals surface area contributed by atoms with E-state index in [4.69, 9.17) is 0 Å². The SMILES string of the molecule is CCC[SiH]1CCC(CCCCC2CCC(c3ccc(F)cc3)CC2)CC1. The summed E-state index contributed by atoms with van der Waals surface area (Å²) in [5.74, 6) is 2.60. The summed E-state index contributed by atoms with van der Waals surface area (Å²) in [5.41, 5.74) is 1.35. The molecule has 146 valence electrons. The highest BCUT2D eigenvalue weighted by Gasteiger charge is 2.23. The lowest BCUT2D eigenvalue weighted by atomic mass is 9.77. The zero-order chi connectivity index (χ0) is 18.2. The standard InChI is InChI=1S/C24H39FSi/c1-2-17-26-18-15-21(16-19-26)6-4-3-5-20-7-9-22(10-8-20)23-11-13-24(25)14-12-23/h11-14,20-22,26H,2-10,15-19H2,1H3. The number of hydrogen-bond donors (Lipinski definition) is 0. The predicted octanol–water partition coefficient (Wildman–Crippen LogP) is 7.71. The van der Waals surface area contributed by atoms with E-state index >= 15 is 0 Å². The Morgan fingerprint density at radius 3 is 2.00 bits per heavy atom. The van der Waals surface area contributed by atoms with Crippen LogP contribution in [0.15, 0.2) is 24.3 Å². The lowest BCUT2D eigenvalue weighted by Crippen LogP contribution is -2.21. The predicted molar refractivity (Wildman–Crippen MR) is 114 cm³/mol. The maximum atomic E-state index is 13.1. The lowest BCUT2D eigenvalue weighted by Gasteiger charge is -2.29. The van der Waals surface area contributed by atoms with Crippen molar-refractivity contribution in [3.63, 3.8) is 0 Å². The van der Waals surface area contributed by atoms with Gasteiger partial charge in [-0.15, -0.1) is 0 Å². The minimum atomic E-state index is -0.285. The van der Waals surface area contributed by atoms with Gasteiger partial charge in [0.2, 0.25) is 0 Å². The number of benzene rings is 1. The first kappa shape index (κ1) is 20.1. The zero-order valence-corrected chi connectivity index (χ0v) is 18.1. The highest BCUT2D eigenvalue weighted by molar-refractivity contribution is 6.58. The second-order valence-electron chi connectivity index (χ2n) is 9.23. The molecule has 3 rings (SSSR count). The van der Waals surface area contributed by atoms with Gasteiger partial charge in [0.1, 0.15) is 5.82 Å². The van der Waals surface area contributed by atoms with Gasteiger partial charge >= 0.3 is 0 Å². The van der Waals surface area contributed by atoms with Gasteiger partial charge in [0.05, 0.1) is 0 Å². The van der Waals surface area contributed by atoms with Crippen LogP contribution < -0.4 is 0 Å². The molecule has 0 N–H and O–H groups in total. The molecule has 0 bridgehead atoms. The molecular formula is C24H39FSi. The molecule has 0 nitrogen and oxygen atoms in total. The van der Waals surface area contributed by atoms with E-state index in [2.05, 4.69) is 6.92 Å². The Morgan fingerprint density at radius 2 is 1.42 bits per heavy atom. The molecule has 2 heteroatoms. The molecule has 1 saturated heterocycles. The largest absolute Gasteiger partial charge is 0.207 e. The molecule has 0 unspecified atom stereocenters. The molecule has 1 aliphatic carbocycles. The third-order valence-electron chi connectivity index (χ3n) is 7.33. The van der Waals surface area contributed by atoms with Crippen LogP contribution in [0.4, 0.5) is 4.39 Å². The third kappa shape index (κ3) is 6.22. The molecule has 2 fully saturated rings. The van der Waals surface area contributed by atoms with Gasteiger partial charge in [0, 0.05) is 8.80 Å². The summed E-state index contributed by atoms with van der Waals surface area (Å²) in [7, 11) is -0.285. The van der Waals surface area contributed by atoms with E-state index in [-0.39, 0.29) is 14.6 Å². The Kier molecular flexibility index (Phi) is 8.23. The number of rotatable bonds is 8. The number of halogens is 1. The molecule has 2 aliphatic rings. The first-order valence-corrected chi connectivity index (χ1v) is 13.9. The van der Waals surface area contributed by atoms with Gasteiger partial charge < -0.3 is 0 Å². The highest BCUT2D eigenvalue weighted by Crippen LogP contribution is 2.38. The first-order valence-electron chi connectivity index (χ1n) is 11.5. The number of hydrogen-bond acceptors (Lipinski definition) is 0. The molecular weight excluding hydrogens is 335 g/mol. The Balaban J connectivity index is 1.26. The molecule has 0 radical (unpaired) electrons. The van der Waals surface area contributed by atoms with E-state index in [1.165, 1.54) is 63.4 Å². The van der Waals surface area contributed by atoms with Crippen molar-refractivity contribution in [2.75, 3.05) is 0 Å². The summed E-state index contributed by atoms with van der Waals surface area (Å²) in [6.07, 6.45) is 15.9. The fraction of sp³-hybridized carbons (Fsp3) is 0.750. The average Bonchev–Trinajstić information content (AvgIpc) is 2.68. The molecule has 0 amide bonds. The summed E-state index contributed by atoms with van der Waals surface area (Å²) in [5, 5.41) is 0. The van der Waals surface area contributed by atoms with Gasteiger partial charge in [-0.3, -0.25) is 0 Å². The summed E-state index contributed by atoms with van der Waals surface area (Å²) in [6, 6.07) is 12.1. The molecule has 0 atom stereocenters. The van der Waals surface area contributed by atoms with Crippen molar-refractivity contribution in [3.05, 3.63) is 35.6 Å². The van der Waals surface area contributed by atoms with Crippen molar-refractivity contribution in [2.24, 2.45) is 11.8 Å². The summed E-state index contributed by atoms with van der Waals surface area (Å²) < 4.78 is 13.1. The van der Waals surface area contributed by atoms with E-state index in [0.717, 1.165) is 11.8 Å². The summed E-state index contributed by atoms with van der Waals surface area (Å²) >= 11 is 0. The van der Waals surface area contributed by atoms with Crippen molar-refractivity contribution in [3.8, 4) is 0 Å². The Morgan fingerprint density at radius 1 is 0.846 bits per heavy atom. The number of unbranched alkanes of at least 4 members (excludes halogenated alkanes) is 1. The monoisotopic (exact) mass is 374 g/mol. The van der Waals surface area contributed by atoms with Crippen LogP contribution in [0.5, 0.6) is 0 Å². The topological polar surface area (TPSA) is 0 Å². The van der Waals surface area contributed by atoms with Gasteiger partial charge in [0.25, 0.3) is 0 Å². The van der Waals surface area contributed by atoms with E-state index < -0.39 is 0 Å². The van der Waals surface area contributed by atoms with E-state index in [1.54, 1.807) is 43.1 Å². The fourth-order valence-corrected chi connectivity index (χ4v) is 9.17. The molecule has 1 heterocycles. The maximum absolute atomic E-state index is 13.1. The van der Waals surface area contributed by atoms with Crippen molar-refractivity contribution in [1.82, 2.24) is 0 Å². The van der Waals surface area contributed by atoms with Crippen LogP contribution in [0, 0.1) is 17.7 Å². The second kappa shape index (κ2) is 10.6. The van der Waals surface area contributed by atoms with Crippen LogP contribution in [0.25, 0.3) is 0 Å². The molecule has 0 aromatic heterocycles. The minimum absolute atomic E-state index is 0.108. The van der Waals surface area contributed by atoms with E-state index in [9.17, 15) is 4.39 Å². The van der Waals surface area contributed by atoms with Crippen molar-refractivity contribution >= 4 is 8.80 Å². The Bertz CT molecular complexity index is 495. The van der Waals surface area contributed by atoms with Gasteiger partial charge in [-0.2, -0.15) is 0 Å². The van der Waals surface area contributed by atoms with Crippen molar-refractivity contribution in [1.29, 1.82) is 0 Å². The van der Waals surface area contributed by atoms with Crippen molar-refractivity contribution in [2.45, 2.75) is 102 Å². The highest BCUT2D eigenvalue weighted by atomic mass is 28.3. The smallest absolute Gasteiger partial charge is 0.123 e. The Labute approximate surface area is 162 Å². The Hall–Kier alpha value is -0.633. The van der Waals surface area contributed by atoms with E-state index in [0.29, 0.717) is 5.92 Å². The van der Waals surface area contributed by atoms with Gasteiger partial charge in [0.15, 0.2) is 0 Å². The lowest BCUT2D eigenvalue weighted by molar-refractivity contribution is 0.297. The van der Waals surface area contributed by atoms with E-state index in [1.807, 2.05) is 12.1 Å². The van der Waals surface area contributed by atoms with Crippen LogP contribution in [0.3, 0.4) is 0 Å². The van der Waals surface area contributed by atoms with Gasteiger partial charge in [-0.25, -0.2) is 4.39 Å². The quantitative estimate of drug-likeness (QED) is 0.323. The van der Waals surface area contributed by atoms with Crippen LogP contribution in [-0.2, 0) is 0 Å². The van der Waals surface area contributed by atoms with Crippen molar-refractivity contribution < 1.29 is 4.39 Å². The molecule has 1 aromatic carbocycles. The summed E-state index contributed by atoms with van der Waals surface area (Å²) in [4.78, 5) is 0. The molecule has 0 spiro atoms. The molecule has 26 heavy (non-hydrogen) atoms. The normalized spacial score (nSPS) is 29.6. The maximum Gasteiger partial charge on any atom is 0.123 e. The molecule has 1 aromatic rings. The zero-order valence-electron chi connectivity index (χ0n) is 16.9. The van der Waals surface area contributed by atoms with Crippen LogP contribution in [0.2, 0.25) is 18.1 Å². The fourth-order valence-electron chi connectivity index (χ4n) is 5.60. The van der Waals surface area contributed by atoms with Crippen LogP contribution in [-0.4, -0.2) is 8.80 Å². The van der Waals surface area contributed by atoms with Crippen LogP contribution >= 0.6 is 0 Å². The first-order chi connectivity index (χ1) is 12.7. The van der Waals surface area contributed by atoms with Gasteiger partial charge in [-0.1, -0.05) is 82.1 Å². The second-order valence-corrected chi connectivity index (χ2v) is 12.7. The summed E-state index contributed by atoms with van der Waals surface area (Å²) in [6.45, 7) is 2.37. The molecule has 1 aliphatic heterocycles. The third-order valence-corrected chi connectivity index (χ3v) is 11.0. The average molecular weight is 375 g/mol. The van der Waals surface area contributed by atoms with Gasteiger partial charge in [-0.05, 0) is 61.1 Å². The molecule has 1 saturated carbocycles. The van der Waals surface area contributed by atoms with Crippen LogP contribution in [0.1, 0.15) is 89.0 Å².